The molecule has 180 valence electrons. The Bertz CT molecular complexity index is 1350. The fraction of sp³-hybridized carbons (Fsp3) is 0.400. The second kappa shape index (κ2) is 7.91. The topological polar surface area (TPSA) is 133 Å². The van der Waals surface area contributed by atoms with Gasteiger partial charge in [0.2, 0.25) is 15.9 Å². The van der Waals surface area contributed by atoms with E-state index >= 15 is 0 Å². The third kappa shape index (κ3) is 4.18. The Morgan fingerprint density at radius 1 is 1.21 bits per heavy atom. The van der Waals surface area contributed by atoms with Gasteiger partial charge in [0.1, 0.15) is 23.5 Å². The number of nitrogens with one attached hydrogen (secondary N) is 3. The quantitative estimate of drug-likeness (QED) is 0.454. The van der Waals surface area contributed by atoms with E-state index in [1.165, 1.54) is 12.3 Å². The molecule has 4 heterocycles. The summed E-state index contributed by atoms with van der Waals surface area (Å²) in [5.74, 6) is -0.478. The fourth-order valence-corrected chi connectivity index (χ4v) is 5.84. The number of sulfonamides is 1. The average molecular weight is 495 g/mol. The first-order valence-corrected chi connectivity index (χ1v) is 12.0. The summed E-state index contributed by atoms with van der Waals surface area (Å²) in [6.45, 7) is -2.13. The molecule has 3 aromatic rings. The molecule has 0 spiro atoms. The smallest absolute Gasteiger partial charge is 0.354 e. The van der Waals surface area contributed by atoms with Crippen molar-refractivity contribution in [3.8, 4) is 11.4 Å². The minimum Gasteiger partial charge on any atom is -0.354 e. The number of hydrogen-bond donors (Lipinski definition) is 3. The monoisotopic (exact) mass is 495 g/mol. The van der Waals surface area contributed by atoms with E-state index in [1.54, 1.807) is 18.5 Å². The van der Waals surface area contributed by atoms with Crippen LogP contribution >= 0.6 is 0 Å². The molecule has 0 radical (unpaired) electrons. The maximum Gasteiger partial charge on any atom is 0.405 e. The van der Waals surface area contributed by atoms with Gasteiger partial charge < -0.3 is 15.6 Å². The number of H-pyrrole nitrogens is 1. The number of nitrogens with zero attached hydrogens (tertiary/aromatic N) is 4. The molecule has 2 aliphatic rings. The summed E-state index contributed by atoms with van der Waals surface area (Å²) in [5.41, 5.74) is -0.322. The van der Waals surface area contributed by atoms with E-state index < -0.39 is 39.4 Å². The molecule has 1 saturated carbocycles. The lowest BCUT2D eigenvalue weighted by Crippen LogP contribution is -2.74. The van der Waals surface area contributed by atoms with Gasteiger partial charge in [-0.25, -0.2) is 23.4 Å². The summed E-state index contributed by atoms with van der Waals surface area (Å²) < 4.78 is 64.3. The molecule has 1 saturated heterocycles. The predicted octanol–water partition coefficient (Wildman–Crippen LogP) is 1.66. The zero-order valence-corrected chi connectivity index (χ0v) is 18.4. The number of halogens is 3. The Morgan fingerprint density at radius 2 is 1.97 bits per heavy atom. The Hall–Kier alpha value is -3.26. The van der Waals surface area contributed by atoms with Gasteiger partial charge in [-0.3, -0.25) is 4.79 Å². The normalized spacial score (nSPS) is 18.4. The molecule has 3 N–H and O–H groups in total. The molecule has 1 aliphatic heterocycles. The van der Waals surface area contributed by atoms with Crippen molar-refractivity contribution in [3.63, 3.8) is 0 Å². The average Bonchev–Trinajstić information content (AvgIpc) is 3.54. The number of fused-ring (bicyclic) bond motifs is 1. The summed E-state index contributed by atoms with van der Waals surface area (Å²) >= 11 is 0. The van der Waals surface area contributed by atoms with Gasteiger partial charge >= 0.3 is 6.18 Å². The van der Waals surface area contributed by atoms with Gasteiger partial charge in [0.05, 0.1) is 5.25 Å². The van der Waals surface area contributed by atoms with Gasteiger partial charge in [0.25, 0.3) is 0 Å². The van der Waals surface area contributed by atoms with Crippen molar-refractivity contribution in [1.29, 1.82) is 0 Å². The lowest BCUT2D eigenvalue weighted by atomic mass is 9.91. The van der Waals surface area contributed by atoms with Crippen LogP contribution in [0.15, 0.2) is 36.8 Å². The molecule has 0 unspecified atom stereocenters. The number of rotatable bonds is 7. The molecule has 0 atom stereocenters. The van der Waals surface area contributed by atoms with Gasteiger partial charge in [0.15, 0.2) is 5.82 Å². The molecular formula is C20H20F3N7O3S. The Labute approximate surface area is 192 Å². The van der Waals surface area contributed by atoms with Crippen molar-refractivity contribution in [2.45, 2.75) is 29.8 Å². The molecule has 34 heavy (non-hydrogen) atoms. The number of aromatic nitrogens is 4. The van der Waals surface area contributed by atoms with E-state index in [1.807, 2.05) is 11.4 Å². The van der Waals surface area contributed by atoms with Gasteiger partial charge in [-0.2, -0.15) is 17.5 Å². The second-order valence-corrected chi connectivity index (χ2v) is 10.6. The van der Waals surface area contributed by atoms with E-state index in [0.29, 0.717) is 29.9 Å². The van der Waals surface area contributed by atoms with Crippen LogP contribution in [0, 0.1) is 0 Å². The lowest BCUT2D eigenvalue weighted by molar-refractivity contribution is -0.143. The third-order valence-corrected chi connectivity index (χ3v) is 8.09. The number of amides is 1. The summed E-state index contributed by atoms with van der Waals surface area (Å²) in [6, 6.07) is 5.05. The van der Waals surface area contributed by atoms with Crippen LogP contribution in [0.2, 0.25) is 0 Å². The molecule has 1 amide bonds. The largest absolute Gasteiger partial charge is 0.405 e. The standard InChI is InChI=1S/C20H20F3N7O3S/c21-20(22,23)9-27-18(31)19(10-30(11-19)34(32,33)12-3-4-12)29-15-5-7-25-17(28-15)14-8-26-16-13(14)2-1-6-24-16/h1-2,5-8,12H,3-4,9-11H2,(H,24,26)(H,27,31)(H,25,28,29). The van der Waals surface area contributed by atoms with Crippen LogP contribution in [-0.4, -0.2) is 75.2 Å². The van der Waals surface area contributed by atoms with E-state index in [9.17, 15) is 26.4 Å². The molecule has 14 heteroatoms. The van der Waals surface area contributed by atoms with Gasteiger partial charge in [0, 0.05) is 42.6 Å². The van der Waals surface area contributed by atoms with Gasteiger partial charge in [-0.05, 0) is 31.0 Å². The molecule has 3 aromatic heterocycles. The van der Waals surface area contributed by atoms with Crippen molar-refractivity contribution in [2.75, 3.05) is 25.0 Å². The zero-order chi connectivity index (χ0) is 24.1. The third-order valence-electron chi connectivity index (χ3n) is 5.80. The van der Waals surface area contributed by atoms with Crippen LogP contribution in [-0.2, 0) is 14.8 Å². The fourth-order valence-electron chi connectivity index (χ4n) is 3.89. The molecule has 10 nitrogen and oxygen atoms in total. The molecule has 2 fully saturated rings. The lowest BCUT2D eigenvalue weighted by Gasteiger charge is -2.48. The summed E-state index contributed by atoms with van der Waals surface area (Å²) in [5, 5.41) is 5.01. The first-order valence-electron chi connectivity index (χ1n) is 10.5. The maximum atomic E-state index is 12.8. The number of alkyl halides is 3. The van der Waals surface area contributed by atoms with Crippen LogP contribution in [0.5, 0.6) is 0 Å². The van der Waals surface area contributed by atoms with E-state index in [-0.39, 0.29) is 18.9 Å². The number of pyridine rings is 1. The predicted molar refractivity (Wildman–Crippen MR) is 116 cm³/mol. The van der Waals surface area contributed by atoms with Crippen molar-refractivity contribution in [3.05, 3.63) is 36.8 Å². The highest BCUT2D eigenvalue weighted by atomic mass is 32.2. The number of carbonyl (C=O) groups is 1. The van der Waals surface area contributed by atoms with Crippen LogP contribution in [0.25, 0.3) is 22.4 Å². The Kier molecular flexibility index (Phi) is 5.24. The highest BCUT2D eigenvalue weighted by Gasteiger charge is 2.56. The van der Waals surface area contributed by atoms with E-state index in [0.717, 1.165) is 9.69 Å². The van der Waals surface area contributed by atoms with Gasteiger partial charge in [-0.15, -0.1) is 0 Å². The first-order chi connectivity index (χ1) is 16.1. The number of anilines is 1. The minimum absolute atomic E-state index is 0.175. The molecule has 0 aromatic carbocycles. The van der Waals surface area contributed by atoms with Crippen LogP contribution in [0.4, 0.5) is 19.0 Å². The van der Waals surface area contributed by atoms with Crippen molar-refractivity contribution in [1.82, 2.24) is 29.6 Å². The number of carbonyl (C=O) groups excluding carboxylic acids is 1. The summed E-state index contributed by atoms with van der Waals surface area (Å²) in [6.07, 6.45) is 1.21. The first kappa shape index (κ1) is 22.5. The summed E-state index contributed by atoms with van der Waals surface area (Å²) in [7, 11) is -3.59. The summed E-state index contributed by atoms with van der Waals surface area (Å²) in [4.78, 5) is 28.7. The molecular weight excluding hydrogens is 475 g/mol. The Morgan fingerprint density at radius 3 is 2.68 bits per heavy atom. The minimum atomic E-state index is -4.61. The SMILES string of the molecule is O=C(NCC(F)(F)F)C1(Nc2ccnc(-c3c[nH]c4ncccc34)n2)CN(S(=O)(=O)C2CC2)C1. The van der Waals surface area contributed by atoms with Crippen LogP contribution in [0.3, 0.4) is 0 Å². The Balaban J connectivity index is 1.41. The van der Waals surface area contributed by atoms with Crippen molar-refractivity contribution >= 4 is 32.8 Å². The highest BCUT2D eigenvalue weighted by molar-refractivity contribution is 7.90. The van der Waals surface area contributed by atoms with Crippen LogP contribution < -0.4 is 10.6 Å². The second-order valence-electron chi connectivity index (χ2n) is 8.38. The zero-order valence-electron chi connectivity index (χ0n) is 17.6. The van der Waals surface area contributed by atoms with E-state index in [4.69, 9.17) is 0 Å². The van der Waals surface area contributed by atoms with Crippen LogP contribution in [0.1, 0.15) is 12.8 Å². The highest BCUT2D eigenvalue weighted by Crippen LogP contribution is 2.37. The van der Waals surface area contributed by atoms with Gasteiger partial charge in [-0.1, -0.05) is 0 Å². The molecule has 5 rings (SSSR count). The molecule has 0 bridgehead atoms. The van der Waals surface area contributed by atoms with Crippen molar-refractivity contribution < 1.29 is 26.4 Å². The van der Waals surface area contributed by atoms with E-state index in [2.05, 4.69) is 25.3 Å². The maximum absolute atomic E-state index is 12.8. The molecule has 1 aliphatic carbocycles. The van der Waals surface area contributed by atoms with Crippen molar-refractivity contribution in [2.24, 2.45) is 0 Å². The number of aromatic amines is 1. The number of hydrogen-bond acceptors (Lipinski definition) is 7.